The van der Waals surface area contributed by atoms with Gasteiger partial charge >= 0.3 is 12.0 Å². The summed E-state index contributed by atoms with van der Waals surface area (Å²) in [5.41, 5.74) is -0.624. The fourth-order valence-corrected chi connectivity index (χ4v) is 2.35. The van der Waals surface area contributed by atoms with E-state index in [-0.39, 0.29) is 27.2 Å². The Hall–Kier alpha value is -2.95. The summed E-state index contributed by atoms with van der Waals surface area (Å²) in [4.78, 5) is 45.9. The minimum Gasteiger partial charge on any atom is -0.506 e. The van der Waals surface area contributed by atoms with Crippen LogP contribution in [-0.2, 0) is 14.3 Å². The van der Waals surface area contributed by atoms with Crippen molar-refractivity contribution in [3.8, 4) is 5.75 Å². The normalized spacial score (nSPS) is 15.6. The van der Waals surface area contributed by atoms with Gasteiger partial charge in [-0.1, -0.05) is 0 Å². The SMILES string of the molecule is COC(=O)CN1C(=O)N/C(=C/c2cc([N+](=O)[O-])cc(Br)c2O)C1=O. The largest absolute Gasteiger partial charge is 0.506 e. The topological polar surface area (TPSA) is 139 Å². The molecule has 1 saturated heterocycles. The van der Waals surface area contributed by atoms with Crippen molar-refractivity contribution >= 4 is 45.6 Å². The number of phenolic OH excluding ortho intramolecular Hbond substituents is 1. The number of hydrogen-bond donors (Lipinski definition) is 2. The molecule has 1 aromatic rings. The van der Waals surface area contributed by atoms with Gasteiger partial charge in [-0.3, -0.25) is 19.7 Å². The summed E-state index contributed by atoms with van der Waals surface area (Å²) in [6.07, 6.45) is 1.07. The molecule has 0 aliphatic carbocycles. The number of methoxy groups -OCH3 is 1. The quantitative estimate of drug-likeness (QED) is 0.254. The summed E-state index contributed by atoms with van der Waals surface area (Å²) in [6, 6.07) is 1.28. The van der Waals surface area contributed by atoms with Crippen LogP contribution in [0.15, 0.2) is 22.3 Å². The fourth-order valence-electron chi connectivity index (χ4n) is 1.89. The smallest absolute Gasteiger partial charge is 0.329 e. The van der Waals surface area contributed by atoms with Gasteiger partial charge in [0.2, 0.25) is 0 Å². The van der Waals surface area contributed by atoms with Crippen molar-refractivity contribution in [3.63, 3.8) is 0 Å². The average molecular weight is 400 g/mol. The van der Waals surface area contributed by atoms with E-state index >= 15 is 0 Å². The van der Waals surface area contributed by atoms with Crippen LogP contribution in [-0.4, -0.2) is 46.5 Å². The number of carbonyl (C=O) groups excluding carboxylic acids is 3. The first-order chi connectivity index (χ1) is 11.2. The molecule has 2 N–H and O–H groups in total. The van der Waals surface area contributed by atoms with Crippen molar-refractivity contribution in [2.75, 3.05) is 13.7 Å². The molecule has 3 amide bonds. The van der Waals surface area contributed by atoms with Gasteiger partial charge in [0.1, 0.15) is 18.0 Å². The number of nitro groups is 1. The molecule has 0 saturated carbocycles. The maximum atomic E-state index is 12.1. The summed E-state index contributed by atoms with van der Waals surface area (Å²) < 4.78 is 4.43. The van der Waals surface area contributed by atoms with Crippen LogP contribution in [0.2, 0.25) is 0 Å². The van der Waals surface area contributed by atoms with E-state index in [1.807, 2.05) is 0 Å². The van der Waals surface area contributed by atoms with Gasteiger partial charge in [0, 0.05) is 17.7 Å². The maximum absolute atomic E-state index is 12.1. The van der Waals surface area contributed by atoms with E-state index in [2.05, 4.69) is 26.0 Å². The molecule has 0 unspecified atom stereocenters. The first-order valence-corrected chi connectivity index (χ1v) is 7.12. The molecule has 0 aromatic heterocycles. The number of halogens is 1. The van der Waals surface area contributed by atoms with Crippen molar-refractivity contribution in [2.24, 2.45) is 0 Å². The number of carbonyl (C=O) groups is 3. The van der Waals surface area contributed by atoms with Crippen LogP contribution in [0, 0.1) is 10.1 Å². The average Bonchev–Trinajstić information content (AvgIpc) is 2.78. The third-order valence-corrected chi connectivity index (χ3v) is 3.67. The number of nitrogens with zero attached hydrogens (tertiary/aromatic N) is 2. The number of benzene rings is 1. The molecule has 24 heavy (non-hydrogen) atoms. The number of hydrogen-bond acceptors (Lipinski definition) is 7. The highest BCUT2D eigenvalue weighted by Crippen LogP contribution is 2.34. The zero-order chi connectivity index (χ0) is 18.0. The number of imide groups is 1. The number of non-ortho nitro benzene ring substituents is 1. The predicted molar refractivity (Wildman–Crippen MR) is 82.7 cm³/mol. The first kappa shape index (κ1) is 17.4. The van der Waals surface area contributed by atoms with Crippen LogP contribution < -0.4 is 5.32 Å². The number of urea groups is 1. The van der Waals surface area contributed by atoms with E-state index in [4.69, 9.17) is 0 Å². The van der Waals surface area contributed by atoms with Crippen molar-refractivity contribution in [1.29, 1.82) is 0 Å². The molecular weight excluding hydrogens is 390 g/mol. The molecule has 126 valence electrons. The molecular formula is C13H10BrN3O7. The molecule has 0 bridgehead atoms. The molecule has 1 aliphatic heterocycles. The number of phenols is 1. The minimum atomic E-state index is -0.847. The van der Waals surface area contributed by atoms with E-state index in [0.29, 0.717) is 4.90 Å². The third-order valence-electron chi connectivity index (χ3n) is 3.07. The Labute approximate surface area is 143 Å². The fraction of sp³-hybridized carbons (Fsp3) is 0.154. The van der Waals surface area contributed by atoms with E-state index < -0.39 is 29.4 Å². The van der Waals surface area contributed by atoms with Gasteiger partial charge in [0.15, 0.2) is 0 Å². The monoisotopic (exact) mass is 399 g/mol. The van der Waals surface area contributed by atoms with Gasteiger partial charge < -0.3 is 15.2 Å². The van der Waals surface area contributed by atoms with Crippen LogP contribution in [0.5, 0.6) is 5.75 Å². The number of nitro benzene ring substituents is 1. The maximum Gasteiger partial charge on any atom is 0.329 e. The Morgan fingerprint density at radius 1 is 1.50 bits per heavy atom. The zero-order valence-electron chi connectivity index (χ0n) is 12.1. The molecule has 0 atom stereocenters. The Morgan fingerprint density at radius 3 is 2.75 bits per heavy atom. The van der Waals surface area contributed by atoms with Crippen molar-refractivity contribution in [1.82, 2.24) is 10.2 Å². The van der Waals surface area contributed by atoms with Crippen LogP contribution in [0.3, 0.4) is 0 Å². The number of aromatic hydroxyl groups is 1. The Balaban J connectivity index is 2.39. The lowest BCUT2D eigenvalue weighted by Gasteiger charge is -2.09. The van der Waals surface area contributed by atoms with Crippen LogP contribution in [0.4, 0.5) is 10.5 Å². The predicted octanol–water partition coefficient (Wildman–Crippen LogP) is 1.13. The number of esters is 1. The standard InChI is InChI=1S/C13H10BrN3O7/c1-24-10(18)5-16-12(20)9(15-13(16)21)3-6-2-7(17(22)23)4-8(14)11(6)19/h2-4,19H,5H2,1H3,(H,15,21)/b9-3+. The van der Waals surface area contributed by atoms with Gasteiger partial charge in [0.25, 0.3) is 11.6 Å². The number of nitrogens with one attached hydrogen (secondary N) is 1. The van der Waals surface area contributed by atoms with Gasteiger partial charge in [-0.05, 0) is 22.0 Å². The lowest BCUT2D eigenvalue weighted by atomic mass is 10.1. The van der Waals surface area contributed by atoms with E-state index in [1.165, 1.54) is 0 Å². The summed E-state index contributed by atoms with van der Waals surface area (Å²) in [6.45, 7) is -0.580. The summed E-state index contributed by atoms with van der Waals surface area (Å²) in [7, 11) is 1.11. The number of ether oxygens (including phenoxy) is 1. The van der Waals surface area contributed by atoms with Gasteiger partial charge in [-0.2, -0.15) is 0 Å². The first-order valence-electron chi connectivity index (χ1n) is 6.33. The number of rotatable bonds is 4. The second-order valence-electron chi connectivity index (χ2n) is 4.58. The second-order valence-corrected chi connectivity index (χ2v) is 5.43. The molecule has 1 fully saturated rings. The molecule has 1 aromatic carbocycles. The van der Waals surface area contributed by atoms with Gasteiger partial charge in [-0.15, -0.1) is 0 Å². The van der Waals surface area contributed by atoms with Crippen LogP contribution >= 0.6 is 15.9 Å². The van der Waals surface area contributed by atoms with Crippen LogP contribution in [0.1, 0.15) is 5.56 Å². The summed E-state index contributed by atoms with van der Waals surface area (Å²) in [5.74, 6) is -1.96. The minimum absolute atomic E-state index is 0.0479. The lowest BCUT2D eigenvalue weighted by Crippen LogP contribution is -2.36. The molecule has 2 rings (SSSR count). The number of amides is 3. The molecule has 0 spiro atoms. The highest BCUT2D eigenvalue weighted by atomic mass is 79.9. The summed E-state index contributed by atoms with van der Waals surface area (Å²) >= 11 is 2.97. The molecule has 10 nitrogen and oxygen atoms in total. The molecule has 1 heterocycles. The van der Waals surface area contributed by atoms with Gasteiger partial charge in [0.05, 0.1) is 16.5 Å². The second kappa shape index (κ2) is 6.66. The van der Waals surface area contributed by atoms with Crippen molar-refractivity contribution in [3.05, 3.63) is 38.0 Å². The lowest BCUT2D eigenvalue weighted by molar-refractivity contribution is -0.385. The summed E-state index contributed by atoms with van der Waals surface area (Å²) in [5, 5.41) is 23.0. The Bertz CT molecular complexity index is 790. The Kier molecular flexibility index (Phi) is 4.83. The Morgan fingerprint density at radius 2 is 2.17 bits per heavy atom. The molecule has 11 heteroatoms. The van der Waals surface area contributed by atoms with E-state index in [1.54, 1.807) is 0 Å². The van der Waals surface area contributed by atoms with E-state index in [0.717, 1.165) is 25.3 Å². The third kappa shape index (κ3) is 3.35. The van der Waals surface area contributed by atoms with Gasteiger partial charge in [-0.25, -0.2) is 9.69 Å². The molecule has 1 aliphatic rings. The zero-order valence-corrected chi connectivity index (χ0v) is 13.7. The highest BCUT2D eigenvalue weighted by molar-refractivity contribution is 9.10. The van der Waals surface area contributed by atoms with Crippen molar-refractivity contribution < 1.29 is 29.2 Å². The highest BCUT2D eigenvalue weighted by Gasteiger charge is 2.35. The van der Waals surface area contributed by atoms with E-state index in [9.17, 15) is 29.6 Å². The molecule has 0 radical (unpaired) electrons. The van der Waals surface area contributed by atoms with Crippen LogP contribution in [0.25, 0.3) is 6.08 Å². The van der Waals surface area contributed by atoms with Crippen molar-refractivity contribution in [2.45, 2.75) is 0 Å².